The Morgan fingerprint density at radius 2 is 2.00 bits per heavy atom. The average Bonchev–Trinajstić information content (AvgIpc) is 2.56. The highest BCUT2D eigenvalue weighted by molar-refractivity contribution is 5.92. The van der Waals surface area contributed by atoms with Gasteiger partial charge in [-0.05, 0) is 42.9 Å². The molecular weight excluding hydrogens is 328 g/mol. The van der Waals surface area contributed by atoms with Gasteiger partial charge in [0.25, 0.3) is 0 Å². The topological polar surface area (TPSA) is 65.4 Å². The molecule has 0 saturated heterocycles. The van der Waals surface area contributed by atoms with Crippen LogP contribution in [0.1, 0.15) is 11.1 Å². The molecule has 0 aliphatic rings. The van der Waals surface area contributed by atoms with Gasteiger partial charge in [0.15, 0.2) is 0 Å². The van der Waals surface area contributed by atoms with Crippen LogP contribution in [0.3, 0.4) is 0 Å². The first-order valence-electron chi connectivity index (χ1n) is 7.48. The van der Waals surface area contributed by atoms with Crippen molar-refractivity contribution in [1.82, 2.24) is 4.90 Å². The van der Waals surface area contributed by atoms with Gasteiger partial charge in [0.05, 0.1) is 18.2 Å². The summed E-state index contributed by atoms with van der Waals surface area (Å²) in [5.74, 6) is -0.119. The zero-order valence-corrected chi connectivity index (χ0v) is 13.6. The quantitative estimate of drug-likeness (QED) is 0.837. The molecule has 1 amide bonds. The Morgan fingerprint density at radius 3 is 2.64 bits per heavy atom. The number of alkyl halides is 2. The van der Waals surface area contributed by atoms with Crippen molar-refractivity contribution in [3.05, 3.63) is 59.7 Å². The van der Waals surface area contributed by atoms with Crippen LogP contribution in [0.25, 0.3) is 0 Å². The molecule has 0 fully saturated rings. The molecule has 0 spiro atoms. The zero-order valence-electron chi connectivity index (χ0n) is 13.6. The van der Waals surface area contributed by atoms with Gasteiger partial charge in [0.2, 0.25) is 5.91 Å². The molecule has 0 aliphatic carbocycles. The fraction of sp³-hybridized carbons (Fsp3) is 0.222. The second-order valence-corrected chi connectivity index (χ2v) is 5.44. The van der Waals surface area contributed by atoms with Crippen LogP contribution in [0.5, 0.6) is 5.75 Å². The lowest BCUT2D eigenvalue weighted by atomic mass is 10.2. The molecule has 0 aromatic heterocycles. The fourth-order valence-corrected chi connectivity index (χ4v) is 2.26. The lowest BCUT2D eigenvalue weighted by Gasteiger charge is -2.16. The number of amides is 1. The molecule has 0 saturated carbocycles. The van der Waals surface area contributed by atoms with Gasteiger partial charge in [-0.15, -0.1) is 0 Å². The number of likely N-dealkylation sites (N-methyl/N-ethyl adjacent to an activating group) is 1. The predicted molar refractivity (Wildman–Crippen MR) is 89.2 cm³/mol. The van der Waals surface area contributed by atoms with Crippen LogP contribution < -0.4 is 10.1 Å². The van der Waals surface area contributed by atoms with Crippen molar-refractivity contribution in [2.24, 2.45) is 0 Å². The highest BCUT2D eigenvalue weighted by Crippen LogP contribution is 2.16. The number of rotatable bonds is 7. The van der Waals surface area contributed by atoms with Crippen LogP contribution in [0.15, 0.2) is 48.5 Å². The summed E-state index contributed by atoms with van der Waals surface area (Å²) in [5, 5.41) is 11.6. The summed E-state index contributed by atoms with van der Waals surface area (Å²) in [4.78, 5) is 13.8. The Morgan fingerprint density at radius 1 is 1.28 bits per heavy atom. The minimum absolute atomic E-state index is 0.0940. The summed E-state index contributed by atoms with van der Waals surface area (Å²) in [7, 11) is 1.77. The van der Waals surface area contributed by atoms with Gasteiger partial charge >= 0.3 is 6.61 Å². The molecule has 0 aliphatic heterocycles. The maximum absolute atomic E-state index is 12.1. The van der Waals surface area contributed by atoms with Crippen LogP contribution in [-0.4, -0.2) is 31.0 Å². The molecule has 5 nitrogen and oxygen atoms in total. The Kier molecular flexibility index (Phi) is 6.43. The van der Waals surface area contributed by atoms with Crippen LogP contribution in [0.4, 0.5) is 14.5 Å². The van der Waals surface area contributed by atoms with Crippen LogP contribution in [-0.2, 0) is 11.3 Å². The number of carbonyl (C=O) groups excluding carboxylic acids is 1. The summed E-state index contributed by atoms with van der Waals surface area (Å²) in [5.41, 5.74) is 1.90. The Balaban J connectivity index is 1.85. The van der Waals surface area contributed by atoms with Crippen LogP contribution >= 0.6 is 0 Å². The maximum atomic E-state index is 12.1. The highest BCUT2D eigenvalue weighted by atomic mass is 19.3. The predicted octanol–water partition coefficient (Wildman–Crippen LogP) is 3.23. The number of ether oxygens (including phenoxy) is 1. The van der Waals surface area contributed by atoms with E-state index in [1.54, 1.807) is 48.3 Å². The van der Waals surface area contributed by atoms with Gasteiger partial charge in [-0.25, -0.2) is 0 Å². The van der Waals surface area contributed by atoms with Crippen LogP contribution in [0.2, 0.25) is 0 Å². The minimum Gasteiger partial charge on any atom is -0.435 e. The molecule has 0 radical (unpaired) electrons. The maximum Gasteiger partial charge on any atom is 0.387 e. The first-order valence-corrected chi connectivity index (χ1v) is 7.48. The number of nitrogens with one attached hydrogen (secondary N) is 1. The van der Waals surface area contributed by atoms with E-state index < -0.39 is 6.61 Å². The number of halogens is 2. The van der Waals surface area contributed by atoms with Gasteiger partial charge in [0, 0.05) is 12.2 Å². The van der Waals surface area contributed by atoms with Gasteiger partial charge in [-0.2, -0.15) is 14.0 Å². The van der Waals surface area contributed by atoms with E-state index in [2.05, 4.69) is 10.1 Å². The number of anilines is 1. The van der Waals surface area contributed by atoms with E-state index in [9.17, 15) is 13.6 Å². The van der Waals surface area contributed by atoms with E-state index >= 15 is 0 Å². The van der Waals surface area contributed by atoms with Crippen molar-refractivity contribution in [2.75, 3.05) is 18.9 Å². The number of hydrogen-bond donors (Lipinski definition) is 1. The van der Waals surface area contributed by atoms with Gasteiger partial charge in [0.1, 0.15) is 5.75 Å². The number of carbonyl (C=O) groups is 1. The van der Waals surface area contributed by atoms with Crippen molar-refractivity contribution >= 4 is 11.6 Å². The lowest BCUT2D eigenvalue weighted by molar-refractivity contribution is -0.117. The highest BCUT2D eigenvalue weighted by Gasteiger charge is 2.09. The molecule has 0 heterocycles. The summed E-state index contributed by atoms with van der Waals surface area (Å²) in [6.45, 7) is -2.23. The Bertz CT molecular complexity index is 758. The molecule has 0 bridgehead atoms. The minimum atomic E-state index is -2.85. The number of hydrogen-bond acceptors (Lipinski definition) is 4. The largest absolute Gasteiger partial charge is 0.435 e. The van der Waals surface area contributed by atoms with Crippen molar-refractivity contribution in [3.63, 3.8) is 0 Å². The third-order valence-corrected chi connectivity index (χ3v) is 3.29. The third-order valence-electron chi connectivity index (χ3n) is 3.29. The molecule has 2 aromatic rings. The summed E-state index contributed by atoms with van der Waals surface area (Å²) in [6.07, 6.45) is 0. The van der Waals surface area contributed by atoms with E-state index in [1.165, 1.54) is 12.1 Å². The number of benzene rings is 2. The normalized spacial score (nSPS) is 10.6. The zero-order chi connectivity index (χ0) is 18.2. The van der Waals surface area contributed by atoms with Gasteiger partial charge in [-0.3, -0.25) is 9.69 Å². The van der Waals surface area contributed by atoms with Crippen molar-refractivity contribution in [1.29, 1.82) is 5.26 Å². The lowest BCUT2D eigenvalue weighted by Crippen LogP contribution is -2.29. The second-order valence-electron chi connectivity index (χ2n) is 5.44. The summed E-state index contributed by atoms with van der Waals surface area (Å²) < 4.78 is 28.5. The van der Waals surface area contributed by atoms with E-state index in [0.29, 0.717) is 17.8 Å². The van der Waals surface area contributed by atoms with Gasteiger partial charge in [-0.1, -0.05) is 18.2 Å². The average molecular weight is 345 g/mol. The standard InChI is InChI=1S/C18H17F2N3O2/c1-23(11-13-5-7-16(8-6-13)25-18(19)20)12-17(24)22-15-4-2-3-14(9-15)10-21/h2-9,18H,11-12H2,1H3,(H,22,24). The smallest absolute Gasteiger partial charge is 0.387 e. The molecule has 25 heavy (non-hydrogen) atoms. The number of nitrogens with zero attached hydrogens (tertiary/aromatic N) is 2. The molecule has 130 valence electrons. The summed E-state index contributed by atoms with van der Waals surface area (Å²) in [6, 6.07) is 14.9. The monoisotopic (exact) mass is 345 g/mol. The summed E-state index contributed by atoms with van der Waals surface area (Å²) >= 11 is 0. The second kappa shape index (κ2) is 8.76. The van der Waals surface area contributed by atoms with E-state index in [0.717, 1.165) is 5.56 Å². The Labute approximate surface area is 144 Å². The van der Waals surface area contributed by atoms with E-state index in [4.69, 9.17) is 5.26 Å². The molecule has 0 atom stereocenters. The van der Waals surface area contributed by atoms with Crippen molar-refractivity contribution in [3.8, 4) is 11.8 Å². The first kappa shape index (κ1) is 18.4. The van der Waals surface area contributed by atoms with E-state index in [1.807, 2.05) is 6.07 Å². The molecule has 2 aromatic carbocycles. The number of nitriles is 1. The van der Waals surface area contributed by atoms with Crippen LogP contribution in [0, 0.1) is 11.3 Å². The fourth-order valence-electron chi connectivity index (χ4n) is 2.26. The molecule has 1 N–H and O–H groups in total. The SMILES string of the molecule is CN(CC(=O)Nc1cccc(C#N)c1)Cc1ccc(OC(F)F)cc1. The Hall–Kier alpha value is -2.98. The van der Waals surface area contributed by atoms with Crippen molar-refractivity contribution < 1.29 is 18.3 Å². The van der Waals surface area contributed by atoms with Crippen molar-refractivity contribution in [2.45, 2.75) is 13.2 Å². The third kappa shape index (κ3) is 6.20. The molecule has 0 unspecified atom stereocenters. The first-order chi connectivity index (χ1) is 12.0. The molecular formula is C18H17F2N3O2. The molecule has 2 rings (SSSR count). The van der Waals surface area contributed by atoms with Gasteiger partial charge < -0.3 is 10.1 Å². The van der Waals surface area contributed by atoms with E-state index in [-0.39, 0.29) is 18.2 Å². The molecule has 7 heteroatoms.